The molecule has 1 aliphatic carbocycles. The summed E-state index contributed by atoms with van der Waals surface area (Å²) in [4.78, 5) is 14.3. The Hall–Kier alpha value is -1.59. The smallest absolute Gasteiger partial charge is 0.317 e. The second kappa shape index (κ2) is 5.66. The highest BCUT2D eigenvalue weighted by Gasteiger charge is 2.31. The van der Waals surface area contributed by atoms with Crippen molar-refractivity contribution in [2.45, 2.75) is 64.6 Å². The van der Waals surface area contributed by atoms with Gasteiger partial charge in [-0.2, -0.15) is 0 Å². The summed E-state index contributed by atoms with van der Waals surface area (Å²) in [5, 5.41) is 11.8. The van der Waals surface area contributed by atoms with Gasteiger partial charge in [0.15, 0.2) is 5.82 Å². The lowest BCUT2D eigenvalue weighted by Gasteiger charge is -2.36. The maximum absolute atomic E-state index is 12.4. The summed E-state index contributed by atoms with van der Waals surface area (Å²) in [6.45, 7) is 5.20. The van der Waals surface area contributed by atoms with E-state index in [0.29, 0.717) is 6.04 Å². The normalized spacial score (nSPS) is 19.2. The van der Waals surface area contributed by atoms with E-state index >= 15 is 0 Å². The molecule has 2 heterocycles. The van der Waals surface area contributed by atoms with Gasteiger partial charge in [0.1, 0.15) is 5.82 Å². The van der Waals surface area contributed by atoms with E-state index in [9.17, 15) is 4.79 Å². The minimum atomic E-state index is -0.0700. The Bertz CT molecular complexity index is 520. The number of hydrogen-bond acceptors (Lipinski definition) is 3. The van der Waals surface area contributed by atoms with Crippen LogP contribution >= 0.6 is 0 Å². The molecule has 1 N–H and O–H groups in total. The number of nitrogens with one attached hydrogen (secondary N) is 1. The molecule has 1 saturated carbocycles. The molecule has 1 fully saturated rings. The van der Waals surface area contributed by atoms with Crippen LogP contribution in [0.5, 0.6) is 0 Å². The van der Waals surface area contributed by atoms with Crippen LogP contribution in [-0.4, -0.2) is 38.8 Å². The molecule has 6 nitrogen and oxygen atoms in total. The van der Waals surface area contributed by atoms with E-state index in [2.05, 4.69) is 33.9 Å². The Morgan fingerprint density at radius 1 is 1.33 bits per heavy atom. The van der Waals surface area contributed by atoms with Crippen molar-refractivity contribution in [3.8, 4) is 0 Å². The van der Waals surface area contributed by atoms with Gasteiger partial charge >= 0.3 is 6.03 Å². The third kappa shape index (κ3) is 2.63. The van der Waals surface area contributed by atoms with Crippen molar-refractivity contribution in [3.63, 3.8) is 0 Å². The van der Waals surface area contributed by atoms with Crippen LogP contribution in [0.4, 0.5) is 4.79 Å². The van der Waals surface area contributed by atoms with E-state index in [1.807, 2.05) is 11.9 Å². The molecule has 2 amide bonds. The first kappa shape index (κ1) is 14.4. The first-order valence-electron chi connectivity index (χ1n) is 8.03. The third-order valence-corrected chi connectivity index (χ3v) is 4.80. The molecule has 0 spiro atoms. The minimum Gasteiger partial charge on any atom is -0.328 e. The van der Waals surface area contributed by atoms with Gasteiger partial charge in [0.2, 0.25) is 0 Å². The lowest BCUT2D eigenvalue weighted by molar-refractivity contribution is 0.151. The number of aromatic nitrogens is 3. The van der Waals surface area contributed by atoms with Gasteiger partial charge in [0.05, 0.1) is 6.04 Å². The van der Waals surface area contributed by atoms with E-state index in [-0.39, 0.29) is 18.0 Å². The summed E-state index contributed by atoms with van der Waals surface area (Å²) in [5.41, 5.74) is 0. The molecule has 1 aliphatic heterocycles. The predicted octanol–water partition coefficient (Wildman–Crippen LogP) is 2.12. The Labute approximate surface area is 125 Å². The van der Waals surface area contributed by atoms with E-state index < -0.39 is 0 Å². The van der Waals surface area contributed by atoms with Crippen LogP contribution in [0.1, 0.15) is 57.2 Å². The van der Waals surface area contributed by atoms with Crippen molar-refractivity contribution in [1.82, 2.24) is 25.0 Å². The number of fused-ring (bicyclic) bond motifs is 1. The SMILES string of the molecule is CC(C)[C@H](NC(=O)N(C)C1CCC1)c1nnc2n1CCC2. The lowest BCUT2D eigenvalue weighted by atomic mass is 9.92. The number of carbonyl (C=O) groups excluding carboxylic acids is 1. The van der Waals surface area contributed by atoms with Crippen LogP contribution in [-0.2, 0) is 13.0 Å². The molecular weight excluding hydrogens is 266 g/mol. The van der Waals surface area contributed by atoms with Crippen LogP contribution in [0.15, 0.2) is 0 Å². The molecule has 0 unspecified atom stereocenters. The lowest BCUT2D eigenvalue weighted by Crippen LogP contribution is -2.48. The maximum atomic E-state index is 12.4. The van der Waals surface area contributed by atoms with Gasteiger partial charge in [-0.3, -0.25) is 0 Å². The first-order valence-corrected chi connectivity index (χ1v) is 8.03. The largest absolute Gasteiger partial charge is 0.328 e. The van der Waals surface area contributed by atoms with Crippen LogP contribution in [0.3, 0.4) is 0 Å². The molecule has 6 heteroatoms. The van der Waals surface area contributed by atoms with Crippen LogP contribution in [0.2, 0.25) is 0 Å². The summed E-state index contributed by atoms with van der Waals surface area (Å²) in [6.07, 6.45) is 5.59. The Morgan fingerprint density at radius 2 is 2.10 bits per heavy atom. The highest BCUT2D eigenvalue weighted by atomic mass is 16.2. The summed E-state index contributed by atoms with van der Waals surface area (Å²) in [5.74, 6) is 2.25. The summed E-state index contributed by atoms with van der Waals surface area (Å²) in [6, 6.07) is 0.343. The van der Waals surface area contributed by atoms with Crippen molar-refractivity contribution >= 4 is 6.03 Å². The molecule has 21 heavy (non-hydrogen) atoms. The van der Waals surface area contributed by atoms with E-state index in [1.165, 1.54) is 6.42 Å². The molecule has 1 aromatic rings. The van der Waals surface area contributed by atoms with Gasteiger partial charge in [-0.1, -0.05) is 13.8 Å². The molecule has 1 aromatic heterocycles. The standard InChI is InChI=1S/C15H25N5O/c1-10(2)13(14-18-17-12-8-5-9-20(12)14)16-15(21)19(3)11-6-4-7-11/h10-11,13H,4-9H2,1-3H3,(H,16,21)/t13-/m0/s1. The van der Waals surface area contributed by atoms with Crippen molar-refractivity contribution < 1.29 is 4.79 Å². The van der Waals surface area contributed by atoms with Gasteiger partial charge in [-0.25, -0.2) is 4.79 Å². The van der Waals surface area contributed by atoms with Gasteiger partial charge in [0, 0.05) is 26.1 Å². The number of aryl methyl sites for hydroxylation is 1. The molecule has 0 aromatic carbocycles. The number of urea groups is 1. The minimum absolute atomic E-state index is 0.00810. The van der Waals surface area contributed by atoms with Crippen molar-refractivity contribution in [2.75, 3.05) is 7.05 Å². The van der Waals surface area contributed by atoms with Crippen molar-refractivity contribution in [1.29, 1.82) is 0 Å². The zero-order valence-electron chi connectivity index (χ0n) is 13.2. The highest BCUT2D eigenvalue weighted by molar-refractivity contribution is 5.74. The van der Waals surface area contributed by atoms with Crippen LogP contribution in [0, 0.1) is 5.92 Å². The number of nitrogens with zero attached hydrogens (tertiary/aromatic N) is 4. The predicted molar refractivity (Wildman–Crippen MR) is 79.9 cm³/mol. The van der Waals surface area contributed by atoms with Gasteiger partial charge < -0.3 is 14.8 Å². The van der Waals surface area contributed by atoms with E-state index in [1.54, 1.807) is 0 Å². The fourth-order valence-electron chi connectivity index (χ4n) is 3.11. The summed E-state index contributed by atoms with van der Waals surface area (Å²) < 4.78 is 2.17. The first-order chi connectivity index (χ1) is 10.1. The molecule has 1 atom stereocenters. The van der Waals surface area contributed by atoms with E-state index in [4.69, 9.17) is 0 Å². The fraction of sp³-hybridized carbons (Fsp3) is 0.800. The molecule has 3 rings (SSSR count). The molecule has 2 aliphatic rings. The zero-order chi connectivity index (χ0) is 15.0. The Kier molecular flexibility index (Phi) is 3.87. The maximum Gasteiger partial charge on any atom is 0.317 e. The summed E-state index contributed by atoms with van der Waals surface area (Å²) in [7, 11) is 1.89. The fourth-order valence-corrected chi connectivity index (χ4v) is 3.11. The Balaban J connectivity index is 1.74. The zero-order valence-corrected chi connectivity index (χ0v) is 13.2. The van der Waals surface area contributed by atoms with Crippen molar-refractivity contribution in [3.05, 3.63) is 11.6 Å². The number of carbonyl (C=O) groups is 1. The average molecular weight is 291 g/mol. The highest BCUT2D eigenvalue weighted by Crippen LogP contribution is 2.27. The van der Waals surface area contributed by atoms with Gasteiger partial charge in [0.25, 0.3) is 0 Å². The van der Waals surface area contributed by atoms with Gasteiger partial charge in [-0.15, -0.1) is 10.2 Å². The van der Waals surface area contributed by atoms with Crippen LogP contribution < -0.4 is 5.32 Å². The topological polar surface area (TPSA) is 63.1 Å². The molecule has 116 valence electrons. The van der Waals surface area contributed by atoms with E-state index in [0.717, 1.165) is 43.9 Å². The van der Waals surface area contributed by atoms with Crippen molar-refractivity contribution in [2.24, 2.45) is 5.92 Å². The molecule has 0 radical (unpaired) electrons. The molecular formula is C15H25N5O. The molecule has 0 saturated heterocycles. The van der Waals surface area contributed by atoms with Crippen LogP contribution in [0.25, 0.3) is 0 Å². The molecule has 0 bridgehead atoms. The quantitative estimate of drug-likeness (QED) is 0.924. The average Bonchev–Trinajstić information content (AvgIpc) is 2.95. The second-order valence-corrected chi connectivity index (χ2v) is 6.60. The van der Waals surface area contributed by atoms with Gasteiger partial charge in [-0.05, 0) is 31.6 Å². The third-order valence-electron chi connectivity index (χ3n) is 4.80. The number of amides is 2. The monoisotopic (exact) mass is 291 g/mol. The number of hydrogen-bond donors (Lipinski definition) is 1. The Morgan fingerprint density at radius 3 is 2.71 bits per heavy atom. The number of rotatable bonds is 4. The second-order valence-electron chi connectivity index (χ2n) is 6.60. The summed E-state index contributed by atoms with van der Waals surface area (Å²) >= 11 is 0.